The van der Waals surface area contributed by atoms with Gasteiger partial charge in [-0.1, -0.05) is 37.6 Å². The quantitative estimate of drug-likeness (QED) is 0.245. The van der Waals surface area contributed by atoms with Gasteiger partial charge in [-0.25, -0.2) is 0 Å². The van der Waals surface area contributed by atoms with Gasteiger partial charge in [0.2, 0.25) is 0 Å². The highest BCUT2D eigenvalue weighted by atomic mass is 16.6. The number of epoxide rings is 1. The molecule has 1 aliphatic heterocycles. The van der Waals surface area contributed by atoms with E-state index in [-0.39, 0.29) is 12.3 Å². The average Bonchev–Trinajstić information content (AvgIpc) is 3.35. The molecule has 2 N–H and O–H groups in total. The monoisotopic (exact) mass is 334 g/mol. The Morgan fingerprint density at radius 2 is 2.12 bits per heavy atom. The van der Waals surface area contributed by atoms with Crippen molar-refractivity contribution in [3.63, 3.8) is 0 Å². The summed E-state index contributed by atoms with van der Waals surface area (Å²) in [5.41, 5.74) is 2.63. The van der Waals surface area contributed by atoms with Crippen LogP contribution in [0.3, 0.4) is 0 Å². The molecule has 0 saturated carbocycles. The first kappa shape index (κ1) is 20.4. The number of carbonyl (C=O) groups is 1. The van der Waals surface area contributed by atoms with E-state index in [1.807, 2.05) is 37.3 Å². The molecular weight excluding hydrogens is 304 g/mol. The lowest BCUT2D eigenvalue weighted by atomic mass is 9.84. The van der Waals surface area contributed by atoms with Crippen LogP contribution in [0.1, 0.15) is 52.4 Å². The fraction of sp³-hybridized carbons (Fsp3) is 0.600. The molecule has 0 aliphatic carbocycles. The Hall–Kier alpha value is -1.61. The van der Waals surface area contributed by atoms with Crippen LogP contribution in [0.15, 0.2) is 42.2 Å². The number of carboxylic acids is 1. The predicted molar refractivity (Wildman–Crippen MR) is 95.8 cm³/mol. The van der Waals surface area contributed by atoms with Gasteiger partial charge in [0, 0.05) is 12.3 Å². The van der Waals surface area contributed by atoms with Gasteiger partial charge in [0.25, 0.3) is 0 Å². The van der Waals surface area contributed by atoms with Gasteiger partial charge in [-0.05, 0) is 44.8 Å². The molecule has 0 spiro atoms. The largest absolute Gasteiger partial charge is 0.481 e. The molecule has 4 heteroatoms. The first-order valence-corrected chi connectivity index (χ1v) is 8.79. The van der Waals surface area contributed by atoms with E-state index >= 15 is 0 Å². The molecule has 0 amide bonds. The van der Waals surface area contributed by atoms with Crippen LogP contribution in [0.5, 0.6) is 0 Å². The van der Waals surface area contributed by atoms with Crippen LogP contribution in [0, 0.1) is 5.92 Å². The van der Waals surface area contributed by atoms with E-state index < -0.39 is 17.7 Å². The van der Waals surface area contributed by atoms with Gasteiger partial charge in [-0.15, -0.1) is 5.73 Å². The minimum Gasteiger partial charge on any atom is -0.481 e. The van der Waals surface area contributed by atoms with Crippen molar-refractivity contribution in [3.8, 4) is 0 Å². The van der Waals surface area contributed by atoms with Gasteiger partial charge in [-0.3, -0.25) is 4.79 Å². The summed E-state index contributed by atoms with van der Waals surface area (Å²) in [4.78, 5) is 10.4. The predicted octanol–water partition coefficient (Wildman–Crippen LogP) is 4.02. The third kappa shape index (κ3) is 6.88. The molecule has 0 aromatic rings. The maximum atomic E-state index is 10.5. The molecule has 0 radical (unpaired) electrons. The number of hydrogen-bond acceptors (Lipinski definition) is 3. The Morgan fingerprint density at radius 3 is 2.71 bits per heavy atom. The minimum absolute atomic E-state index is 0.171. The van der Waals surface area contributed by atoms with Gasteiger partial charge in [0.1, 0.15) is 11.7 Å². The highest BCUT2D eigenvalue weighted by Gasteiger charge is 2.54. The molecular formula is C20H30O4. The van der Waals surface area contributed by atoms with Crippen LogP contribution in [-0.4, -0.2) is 34.5 Å². The van der Waals surface area contributed by atoms with E-state index in [1.54, 1.807) is 6.08 Å². The van der Waals surface area contributed by atoms with Crippen LogP contribution in [0.2, 0.25) is 0 Å². The van der Waals surface area contributed by atoms with Crippen LogP contribution in [0.4, 0.5) is 0 Å². The summed E-state index contributed by atoms with van der Waals surface area (Å²) >= 11 is 0. The first-order valence-electron chi connectivity index (χ1n) is 8.79. The molecule has 134 valence electrons. The van der Waals surface area contributed by atoms with Gasteiger partial charge in [0.05, 0.1) is 6.61 Å². The van der Waals surface area contributed by atoms with Crippen molar-refractivity contribution < 1.29 is 19.7 Å². The van der Waals surface area contributed by atoms with Gasteiger partial charge in [-0.2, -0.15) is 0 Å². The molecule has 0 bridgehead atoms. The first-order chi connectivity index (χ1) is 11.6. The number of aliphatic hydroxyl groups excluding tert-OH is 1. The molecule has 1 fully saturated rings. The van der Waals surface area contributed by atoms with Crippen LogP contribution >= 0.6 is 0 Å². The number of carboxylic acid groups (broad SMARTS) is 1. The maximum absolute atomic E-state index is 10.5. The van der Waals surface area contributed by atoms with Gasteiger partial charge < -0.3 is 14.9 Å². The standard InChI is InChI=1S/C20H30O4/c1-3-5-13-17(12-4-2)20(16-24-20)18(21)14-10-8-6-7-9-11-15-19(22)23/h3,6-7,10,13-14,17-18,21H,4,8-9,11-12,15-16H2,1-2H3,(H,22,23)/b7-6-,14-10-/t5?,17?,18-,20-/m1/s1. The van der Waals surface area contributed by atoms with Crippen molar-refractivity contribution in [2.75, 3.05) is 6.61 Å². The Morgan fingerprint density at radius 1 is 1.38 bits per heavy atom. The Balaban J connectivity index is 2.44. The summed E-state index contributed by atoms with van der Waals surface area (Å²) < 4.78 is 5.64. The van der Waals surface area contributed by atoms with Crippen molar-refractivity contribution in [2.24, 2.45) is 5.92 Å². The van der Waals surface area contributed by atoms with Crippen LogP contribution < -0.4 is 0 Å². The second kappa shape index (κ2) is 11.0. The van der Waals surface area contributed by atoms with E-state index in [4.69, 9.17) is 9.84 Å². The molecule has 4 nitrogen and oxygen atoms in total. The van der Waals surface area contributed by atoms with Crippen molar-refractivity contribution in [1.82, 2.24) is 0 Å². The van der Waals surface area contributed by atoms with E-state index in [0.29, 0.717) is 13.0 Å². The maximum Gasteiger partial charge on any atom is 0.303 e. The second-order valence-corrected chi connectivity index (χ2v) is 6.13. The number of unbranched alkanes of at least 4 members (excludes halogenated alkanes) is 1. The summed E-state index contributed by atoms with van der Waals surface area (Å²) in [6, 6.07) is 0. The van der Waals surface area contributed by atoms with Crippen molar-refractivity contribution >= 4 is 5.97 Å². The molecule has 0 aromatic carbocycles. The Bertz CT molecular complexity index is 494. The smallest absolute Gasteiger partial charge is 0.303 e. The van der Waals surface area contributed by atoms with E-state index in [1.165, 1.54) is 0 Å². The van der Waals surface area contributed by atoms with Crippen molar-refractivity contribution in [1.29, 1.82) is 0 Å². The second-order valence-electron chi connectivity index (χ2n) is 6.13. The molecule has 1 rings (SSSR count). The molecule has 0 aromatic heterocycles. The minimum atomic E-state index is -0.755. The van der Waals surface area contributed by atoms with E-state index in [2.05, 4.69) is 12.7 Å². The number of aliphatic carboxylic acids is 1. The normalized spacial score (nSPS) is 22.3. The summed E-state index contributed by atoms with van der Waals surface area (Å²) in [5, 5.41) is 19.0. The van der Waals surface area contributed by atoms with Crippen LogP contribution in [-0.2, 0) is 9.53 Å². The van der Waals surface area contributed by atoms with Gasteiger partial charge in [0.15, 0.2) is 0 Å². The molecule has 1 unspecified atom stereocenters. The van der Waals surface area contributed by atoms with E-state index in [0.717, 1.165) is 25.7 Å². The highest BCUT2D eigenvalue weighted by molar-refractivity contribution is 5.66. The van der Waals surface area contributed by atoms with E-state index in [9.17, 15) is 9.90 Å². The zero-order valence-electron chi connectivity index (χ0n) is 14.8. The Labute approximate surface area is 145 Å². The SMILES string of the molecule is CC=C=CC(CCC)[C@@]1([C@H](O)/C=C\C/C=C\CCCC(=O)O)CO1. The van der Waals surface area contributed by atoms with Crippen LogP contribution in [0.25, 0.3) is 0 Å². The summed E-state index contributed by atoms with van der Waals surface area (Å²) in [6.07, 6.45) is 15.3. The third-order valence-corrected chi connectivity index (χ3v) is 4.19. The summed E-state index contributed by atoms with van der Waals surface area (Å²) in [5.74, 6) is -0.584. The molecule has 3 atom stereocenters. The van der Waals surface area contributed by atoms with Gasteiger partial charge >= 0.3 is 5.97 Å². The molecule has 1 heterocycles. The zero-order valence-corrected chi connectivity index (χ0v) is 14.8. The van der Waals surface area contributed by atoms with Crippen molar-refractivity contribution in [2.45, 2.75) is 64.1 Å². The number of aliphatic hydroxyl groups is 1. The summed E-state index contributed by atoms with van der Waals surface area (Å²) in [6.45, 7) is 4.64. The van der Waals surface area contributed by atoms with Crippen molar-refractivity contribution in [3.05, 3.63) is 42.2 Å². The molecule has 24 heavy (non-hydrogen) atoms. The number of hydrogen-bond donors (Lipinski definition) is 2. The lowest BCUT2D eigenvalue weighted by molar-refractivity contribution is -0.137. The lowest BCUT2D eigenvalue weighted by Gasteiger charge is -2.23. The average molecular weight is 334 g/mol. The Kier molecular flexibility index (Phi) is 9.39. The fourth-order valence-electron chi connectivity index (χ4n) is 2.71. The number of rotatable bonds is 12. The topological polar surface area (TPSA) is 70.1 Å². The zero-order chi connectivity index (χ0) is 17.8. The molecule has 1 saturated heterocycles. The summed E-state index contributed by atoms with van der Waals surface area (Å²) in [7, 11) is 0. The molecule has 1 aliphatic rings. The fourth-order valence-corrected chi connectivity index (χ4v) is 2.71. The highest BCUT2D eigenvalue weighted by Crippen LogP contribution is 2.42. The number of ether oxygens (including phenoxy) is 1. The third-order valence-electron chi connectivity index (χ3n) is 4.19. The number of allylic oxidation sites excluding steroid dienone is 3. The lowest BCUT2D eigenvalue weighted by Crippen LogP contribution is -2.35.